The van der Waals surface area contributed by atoms with Crippen LogP contribution >= 0.6 is 22.9 Å². The van der Waals surface area contributed by atoms with E-state index in [0.717, 1.165) is 30.2 Å². The summed E-state index contributed by atoms with van der Waals surface area (Å²) in [7, 11) is 0. The summed E-state index contributed by atoms with van der Waals surface area (Å²) in [4.78, 5) is 19.1. The van der Waals surface area contributed by atoms with Crippen LogP contribution in [-0.4, -0.2) is 39.6 Å². The molecule has 0 spiro atoms. The van der Waals surface area contributed by atoms with Gasteiger partial charge in [-0.1, -0.05) is 0 Å². The Kier molecular flexibility index (Phi) is 5.69. The van der Waals surface area contributed by atoms with Gasteiger partial charge >= 0.3 is 0 Å². The van der Waals surface area contributed by atoms with Crippen molar-refractivity contribution in [1.82, 2.24) is 19.9 Å². The number of thiazole rings is 1. The van der Waals surface area contributed by atoms with E-state index in [1.165, 1.54) is 0 Å². The first kappa shape index (κ1) is 15.9. The SMILES string of the molecule is CCN(CC)c1nc(Cl)nc(NCCc2nc(C)cs2)n1. The molecule has 0 atom stereocenters. The molecule has 6 nitrogen and oxygen atoms in total. The number of halogens is 1. The largest absolute Gasteiger partial charge is 0.354 e. The van der Waals surface area contributed by atoms with Crippen LogP contribution in [0.5, 0.6) is 0 Å². The second kappa shape index (κ2) is 7.51. The molecular weight excluding hydrogens is 308 g/mol. The highest BCUT2D eigenvalue weighted by molar-refractivity contribution is 7.09. The number of nitrogens with one attached hydrogen (secondary N) is 1. The van der Waals surface area contributed by atoms with Crippen LogP contribution in [0.15, 0.2) is 5.38 Å². The number of aromatic nitrogens is 4. The van der Waals surface area contributed by atoms with Crippen molar-refractivity contribution in [1.29, 1.82) is 0 Å². The third-order valence-corrected chi connectivity index (χ3v) is 4.13. The molecule has 8 heteroatoms. The van der Waals surface area contributed by atoms with Crippen LogP contribution in [-0.2, 0) is 6.42 Å². The third-order valence-electron chi connectivity index (χ3n) is 2.93. The molecule has 1 N–H and O–H groups in total. The van der Waals surface area contributed by atoms with Gasteiger partial charge in [-0.05, 0) is 32.4 Å². The first-order chi connectivity index (χ1) is 10.1. The van der Waals surface area contributed by atoms with Crippen LogP contribution in [0, 0.1) is 6.92 Å². The quantitative estimate of drug-likeness (QED) is 0.844. The fraction of sp³-hybridized carbons (Fsp3) is 0.538. The fourth-order valence-corrected chi connectivity index (χ4v) is 2.80. The normalized spacial score (nSPS) is 10.7. The predicted molar refractivity (Wildman–Crippen MR) is 87.4 cm³/mol. The van der Waals surface area contributed by atoms with Gasteiger partial charge in [0.2, 0.25) is 17.2 Å². The number of nitrogens with zero attached hydrogens (tertiary/aromatic N) is 5. The van der Waals surface area contributed by atoms with Gasteiger partial charge in [0, 0.05) is 37.1 Å². The van der Waals surface area contributed by atoms with Crippen LogP contribution in [0.3, 0.4) is 0 Å². The molecule has 0 aliphatic rings. The van der Waals surface area contributed by atoms with Crippen molar-refractivity contribution in [3.8, 4) is 0 Å². The first-order valence-corrected chi connectivity index (χ1v) is 8.19. The highest BCUT2D eigenvalue weighted by atomic mass is 35.5. The van der Waals surface area contributed by atoms with Crippen LogP contribution in [0.4, 0.5) is 11.9 Å². The highest BCUT2D eigenvalue weighted by Crippen LogP contribution is 2.14. The van der Waals surface area contributed by atoms with Gasteiger partial charge in [0.1, 0.15) is 0 Å². The Bertz CT molecular complexity index is 584. The van der Waals surface area contributed by atoms with Crippen molar-refractivity contribution in [2.24, 2.45) is 0 Å². The molecule has 0 saturated heterocycles. The van der Waals surface area contributed by atoms with Crippen LogP contribution in [0.2, 0.25) is 5.28 Å². The van der Waals surface area contributed by atoms with Crippen LogP contribution in [0.1, 0.15) is 24.5 Å². The average molecular weight is 327 g/mol. The van der Waals surface area contributed by atoms with Crippen molar-refractivity contribution >= 4 is 34.8 Å². The lowest BCUT2D eigenvalue weighted by atomic mass is 10.4. The monoisotopic (exact) mass is 326 g/mol. The summed E-state index contributed by atoms with van der Waals surface area (Å²) < 4.78 is 0. The summed E-state index contributed by atoms with van der Waals surface area (Å²) in [6, 6.07) is 0. The van der Waals surface area contributed by atoms with Crippen molar-refractivity contribution in [3.05, 3.63) is 21.4 Å². The molecule has 0 amide bonds. The lowest BCUT2D eigenvalue weighted by molar-refractivity contribution is 0.810. The Morgan fingerprint density at radius 3 is 2.57 bits per heavy atom. The molecule has 2 aromatic rings. The van der Waals surface area contributed by atoms with E-state index < -0.39 is 0 Å². The molecular formula is C13H19ClN6S. The van der Waals surface area contributed by atoms with Gasteiger partial charge < -0.3 is 10.2 Å². The van der Waals surface area contributed by atoms with Gasteiger partial charge in [0.25, 0.3) is 0 Å². The molecule has 0 unspecified atom stereocenters. The Balaban J connectivity index is 1.99. The standard InChI is InChI=1S/C13H19ClN6S/c1-4-20(5-2)13-18-11(14)17-12(19-13)15-7-6-10-16-9(3)8-21-10/h8H,4-7H2,1-3H3,(H,15,17,18,19). The number of anilines is 2. The van der Waals surface area contributed by atoms with E-state index in [1.54, 1.807) is 11.3 Å². The summed E-state index contributed by atoms with van der Waals surface area (Å²) in [5, 5.41) is 6.54. The van der Waals surface area contributed by atoms with E-state index >= 15 is 0 Å². The number of aryl methyl sites for hydroxylation is 1. The maximum absolute atomic E-state index is 5.97. The minimum atomic E-state index is 0.208. The zero-order chi connectivity index (χ0) is 15.2. The van der Waals surface area contributed by atoms with Gasteiger partial charge in [-0.3, -0.25) is 0 Å². The molecule has 0 saturated carbocycles. The zero-order valence-electron chi connectivity index (χ0n) is 12.4. The molecule has 2 heterocycles. The topological polar surface area (TPSA) is 66.8 Å². The van der Waals surface area contributed by atoms with E-state index in [9.17, 15) is 0 Å². The second-order valence-electron chi connectivity index (χ2n) is 4.46. The van der Waals surface area contributed by atoms with E-state index in [4.69, 9.17) is 11.6 Å². The van der Waals surface area contributed by atoms with Crippen molar-refractivity contribution in [2.45, 2.75) is 27.2 Å². The summed E-state index contributed by atoms with van der Waals surface area (Å²) in [5.74, 6) is 1.11. The lowest BCUT2D eigenvalue weighted by Crippen LogP contribution is -2.25. The van der Waals surface area contributed by atoms with E-state index in [1.807, 2.05) is 17.2 Å². The molecule has 114 valence electrons. The Morgan fingerprint density at radius 1 is 1.19 bits per heavy atom. The van der Waals surface area contributed by atoms with Crippen molar-refractivity contribution in [2.75, 3.05) is 29.9 Å². The van der Waals surface area contributed by atoms with E-state index in [-0.39, 0.29) is 5.28 Å². The van der Waals surface area contributed by atoms with Crippen LogP contribution in [0.25, 0.3) is 0 Å². The molecule has 0 aliphatic heterocycles. The van der Waals surface area contributed by atoms with E-state index in [0.29, 0.717) is 18.4 Å². The molecule has 0 aromatic carbocycles. The second-order valence-corrected chi connectivity index (χ2v) is 5.74. The fourth-order valence-electron chi connectivity index (χ4n) is 1.87. The van der Waals surface area contributed by atoms with Gasteiger partial charge in [-0.25, -0.2) is 4.98 Å². The number of hydrogen-bond donors (Lipinski definition) is 1. The molecule has 2 rings (SSSR count). The summed E-state index contributed by atoms with van der Waals surface area (Å²) in [6.45, 7) is 8.47. The maximum atomic E-state index is 5.97. The molecule has 21 heavy (non-hydrogen) atoms. The summed E-state index contributed by atoms with van der Waals surface area (Å²) >= 11 is 7.63. The predicted octanol–water partition coefficient (Wildman–Crippen LogP) is 2.79. The van der Waals surface area contributed by atoms with Crippen molar-refractivity contribution in [3.63, 3.8) is 0 Å². The number of rotatable bonds is 7. The average Bonchev–Trinajstić information content (AvgIpc) is 2.85. The molecule has 0 bridgehead atoms. The maximum Gasteiger partial charge on any atom is 0.231 e. The molecule has 0 radical (unpaired) electrons. The molecule has 0 aliphatic carbocycles. The van der Waals surface area contributed by atoms with Gasteiger partial charge in [-0.2, -0.15) is 15.0 Å². The minimum Gasteiger partial charge on any atom is -0.354 e. The van der Waals surface area contributed by atoms with Gasteiger partial charge in [-0.15, -0.1) is 11.3 Å². The Morgan fingerprint density at radius 2 is 1.95 bits per heavy atom. The Hall–Kier alpha value is -1.47. The lowest BCUT2D eigenvalue weighted by Gasteiger charge is -2.18. The smallest absolute Gasteiger partial charge is 0.231 e. The minimum absolute atomic E-state index is 0.208. The molecule has 0 fully saturated rings. The first-order valence-electron chi connectivity index (χ1n) is 6.93. The summed E-state index contributed by atoms with van der Waals surface area (Å²) in [5.41, 5.74) is 1.06. The third kappa shape index (κ3) is 4.50. The van der Waals surface area contributed by atoms with Crippen LogP contribution < -0.4 is 10.2 Å². The molecule has 2 aromatic heterocycles. The summed E-state index contributed by atoms with van der Waals surface area (Å²) in [6.07, 6.45) is 0.836. The van der Waals surface area contributed by atoms with Gasteiger partial charge in [0.15, 0.2) is 0 Å². The highest BCUT2D eigenvalue weighted by Gasteiger charge is 2.10. The Labute approximate surface area is 133 Å². The van der Waals surface area contributed by atoms with Gasteiger partial charge in [0.05, 0.1) is 5.01 Å². The van der Waals surface area contributed by atoms with E-state index in [2.05, 4.69) is 39.1 Å². The van der Waals surface area contributed by atoms with Crippen molar-refractivity contribution < 1.29 is 0 Å². The zero-order valence-corrected chi connectivity index (χ0v) is 14.0. The number of hydrogen-bond acceptors (Lipinski definition) is 7.